The summed E-state index contributed by atoms with van der Waals surface area (Å²) in [7, 11) is 0. The summed E-state index contributed by atoms with van der Waals surface area (Å²) in [6.07, 6.45) is 4.86. The largest absolute Gasteiger partial charge is 0.329 e. The van der Waals surface area contributed by atoms with Crippen LogP contribution in [0, 0.1) is 6.92 Å². The monoisotopic (exact) mass is 297 g/mol. The number of pyridine rings is 1. The van der Waals surface area contributed by atoms with Crippen LogP contribution in [0.3, 0.4) is 0 Å². The van der Waals surface area contributed by atoms with Gasteiger partial charge in [-0.05, 0) is 36.4 Å². The number of carbonyl (C=O) groups excluding carboxylic acids is 1. The highest BCUT2D eigenvalue weighted by Crippen LogP contribution is 2.36. The zero-order chi connectivity index (χ0) is 14.4. The lowest BCUT2D eigenvalue weighted by Gasteiger charge is -2.40. The highest BCUT2D eigenvalue weighted by Gasteiger charge is 2.35. The number of hydrogen-bond donors (Lipinski definition) is 0. The number of aryl methyl sites for hydroxylation is 1. The van der Waals surface area contributed by atoms with Crippen LogP contribution in [0.25, 0.3) is 5.65 Å². The molecule has 106 valence electrons. The van der Waals surface area contributed by atoms with Gasteiger partial charge in [0, 0.05) is 23.8 Å². The van der Waals surface area contributed by atoms with E-state index in [1.165, 1.54) is 4.88 Å². The summed E-state index contributed by atoms with van der Waals surface area (Å²) in [5, 5.41) is 2.06. The summed E-state index contributed by atoms with van der Waals surface area (Å²) in [5.74, 6) is 0.0287. The predicted molar refractivity (Wildman–Crippen MR) is 82.6 cm³/mol. The van der Waals surface area contributed by atoms with Crippen LogP contribution < -0.4 is 0 Å². The van der Waals surface area contributed by atoms with Gasteiger partial charge in [0.1, 0.15) is 11.3 Å². The summed E-state index contributed by atoms with van der Waals surface area (Å²) in [4.78, 5) is 20.3. The van der Waals surface area contributed by atoms with Crippen LogP contribution in [-0.2, 0) is 0 Å². The third-order valence-corrected chi connectivity index (χ3v) is 4.94. The predicted octanol–water partition coefficient (Wildman–Crippen LogP) is 3.29. The lowest BCUT2D eigenvalue weighted by atomic mass is 10.0. The fraction of sp³-hybridized carbons (Fsp3) is 0.250. The van der Waals surface area contributed by atoms with Crippen molar-refractivity contribution in [1.82, 2.24) is 14.3 Å². The molecule has 4 nitrogen and oxygen atoms in total. The quantitative estimate of drug-likeness (QED) is 0.728. The van der Waals surface area contributed by atoms with E-state index in [0.29, 0.717) is 5.69 Å². The Kier molecular flexibility index (Phi) is 2.82. The summed E-state index contributed by atoms with van der Waals surface area (Å²) in [6, 6.07) is 8.31. The molecule has 0 spiro atoms. The van der Waals surface area contributed by atoms with Crippen LogP contribution in [0.5, 0.6) is 0 Å². The van der Waals surface area contributed by atoms with Crippen molar-refractivity contribution in [2.24, 2.45) is 0 Å². The number of likely N-dealkylation sites (tertiary alicyclic amines) is 1. The van der Waals surface area contributed by atoms with Gasteiger partial charge in [0.05, 0.1) is 6.04 Å². The van der Waals surface area contributed by atoms with Crippen molar-refractivity contribution in [2.45, 2.75) is 19.4 Å². The zero-order valence-electron chi connectivity index (χ0n) is 11.7. The van der Waals surface area contributed by atoms with Gasteiger partial charge in [0.15, 0.2) is 0 Å². The summed E-state index contributed by atoms with van der Waals surface area (Å²) < 4.78 is 1.92. The van der Waals surface area contributed by atoms with Gasteiger partial charge < -0.3 is 9.30 Å². The Bertz CT molecular complexity index is 806. The molecule has 4 rings (SSSR count). The van der Waals surface area contributed by atoms with Crippen molar-refractivity contribution in [1.29, 1.82) is 0 Å². The van der Waals surface area contributed by atoms with Crippen LogP contribution in [0.2, 0.25) is 0 Å². The number of rotatable bonds is 2. The third-order valence-electron chi connectivity index (χ3n) is 3.97. The molecule has 5 heteroatoms. The van der Waals surface area contributed by atoms with Crippen LogP contribution in [-0.4, -0.2) is 26.7 Å². The molecule has 0 radical (unpaired) electrons. The standard InChI is InChI=1S/C16H15N3OS/c1-11-4-5-15-17-12(10-18(15)9-11)16(20)19-7-6-13(19)14-3-2-8-21-14/h2-5,8-10,13H,6-7H2,1H3/t13-/m1/s1. The van der Waals surface area contributed by atoms with E-state index in [9.17, 15) is 4.79 Å². The second-order valence-electron chi connectivity index (χ2n) is 5.42. The molecule has 3 aromatic rings. The minimum Gasteiger partial charge on any atom is -0.329 e. The molecule has 1 atom stereocenters. The fourth-order valence-electron chi connectivity index (χ4n) is 2.76. The molecule has 1 amide bonds. The molecule has 1 saturated heterocycles. The molecule has 0 aromatic carbocycles. The van der Waals surface area contributed by atoms with Crippen molar-refractivity contribution in [3.05, 3.63) is 58.2 Å². The molecule has 1 aliphatic heterocycles. The van der Waals surface area contributed by atoms with Crippen molar-refractivity contribution in [3.63, 3.8) is 0 Å². The molecular weight excluding hydrogens is 282 g/mol. The van der Waals surface area contributed by atoms with Crippen molar-refractivity contribution in [3.8, 4) is 0 Å². The summed E-state index contributed by atoms with van der Waals surface area (Å²) >= 11 is 1.71. The van der Waals surface area contributed by atoms with Gasteiger partial charge in [-0.3, -0.25) is 4.79 Å². The van der Waals surface area contributed by atoms with E-state index in [4.69, 9.17) is 0 Å². The van der Waals surface area contributed by atoms with Gasteiger partial charge in [-0.2, -0.15) is 0 Å². The van der Waals surface area contributed by atoms with E-state index >= 15 is 0 Å². The first-order valence-electron chi connectivity index (χ1n) is 7.02. The first-order chi connectivity index (χ1) is 10.2. The fourth-order valence-corrected chi connectivity index (χ4v) is 3.63. The highest BCUT2D eigenvalue weighted by atomic mass is 32.1. The Labute approximate surface area is 126 Å². The van der Waals surface area contributed by atoms with E-state index in [0.717, 1.165) is 24.2 Å². The van der Waals surface area contributed by atoms with Gasteiger partial charge in [-0.25, -0.2) is 4.98 Å². The lowest BCUT2D eigenvalue weighted by molar-refractivity contribution is 0.0462. The number of amides is 1. The molecule has 0 unspecified atom stereocenters. The van der Waals surface area contributed by atoms with Crippen molar-refractivity contribution in [2.75, 3.05) is 6.54 Å². The lowest BCUT2D eigenvalue weighted by Crippen LogP contribution is -2.44. The molecule has 1 aliphatic rings. The number of carbonyl (C=O) groups is 1. The van der Waals surface area contributed by atoms with E-state index in [2.05, 4.69) is 16.4 Å². The van der Waals surface area contributed by atoms with Crippen molar-refractivity contribution < 1.29 is 4.79 Å². The Morgan fingerprint density at radius 2 is 2.24 bits per heavy atom. The van der Waals surface area contributed by atoms with Gasteiger partial charge in [0.2, 0.25) is 0 Å². The number of aromatic nitrogens is 2. The summed E-state index contributed by atoms with van der Waals surface area (Å²) in [5.41, 5.74) is 2.50. The first kappa shape index (κ1) is 12.6. The van der Waals surface area contributed by atoms with E-state index in [1.54, 1.807) is 11.3 Å². The van der Waals surface area contributed by atoms with Crippen LogP contribution in [0.15, 0.2) is 42.0 Å². The number of fused-ring (bicyclic) bond motifs is 1. The maximum absolute atomic E-state index is 12.6. The third kappa shape index (κ3) is 2.05. The second-order valence-corrected chi connectivity index (χ2v) is 6.40. The normalized spacial score (nSPS) is 18.0. The SMILES string of the molecule is Cc1ccc2nc(C(=O)N3CC[C@@H]3c3cccs3)cn2c1. The molecule has 21 heavy (non-hydrogen) atoms. The first-order valence-corrected chi connectivity index (χ1v) is 7.90. The minimum absolute atomic E-state index is 0.0287. The number of thiophene rings is 1. The molecule has 0 bridgehead atoms. The topological polar surface area (TPSA) is 37.6 Å². The zero-order valence-corrected chi connectivity index (χ0v) is 12.5. The van der Waals surface area contributed by atoms with Crippen LogP contribution in [0.4, 0.5) is 0 Å². The molecule has 0 saturated carbocycles. The smallest absolute Gasteiger partial charge is 0.274 e. The van der Waals surface area contributed by atoms with Crippen LogP contribution in [0.1, 0.15) is 33.4 Å². The van der Waals surface area contributed by atoms with E-state index in [-0.39, 0.29) is 11.9 Å². The maximum Gasteiger partial charge on any atom is 0.274 e. The average molecular weight is 297 g/mol. The van der Waals surface area contributed by atoms with Gasteiger partial charge >= 0.3 is 0 Å². The molecule has 1 fully saturated rings. The van der Waals surface area contributed by atoms with E-state index in [1.807, 2.05) is 46.8 Å². The Morgan fingerprint density at radius 3 is 2.95 bits per heavy atom. The molecule has 0 N–H and O–H groups in total. The molecule has 3 aromatic heterocycles. The Morgan fingerprint density at radius 1 is 1.33 bits per heavy atom. The molecule has 4 heterocycles. The summed E-state index contributed by atoms with van der Waals surface area (Å²) in [6.45, 7) is 2.84. The highest BCUT2D eigenvalue weighted by molar-refractivity contribution is 7.10. The number of imidazole rings is 1. The Balaban J connectivity index is 1.64. The van der Waals surface area contributed by atoms with E-state index < -0.39 is 0 Å². The minimum atomic E-state index is 0.0287. The number of hydrogen-bond acceptors (Lipinski definition) is 3. The second kappa shape index (κ2) is 4.70. The Hall–Kier alpha value is -2.14. The van der Waals surface area contributed by atoms with Crippen LogP contribution >= 0.6 is 11.3 Å². The number of nitrogens with zero attached hydrogens (tertiary/aromatic N) is 3. The molecular formula is C16H15N3OS. The van der Waals surface area contributed by atoms with Crippen molar-refractivity contribution >= 4 is 22.9 Å². The average Bonchev–Trinajstić information content (AvgIpc) is 3.05. The molecule has 0 aliphatic carbocycles. The van der Waals surface area contributed by atoms with Gasteiger partial charge in [-0.1, -0.05) is 12.1 Å². The van der Waals surface area contributed by atoms with Gasteiger partial charge in [-0.15, -0.1) is 11.3 Å². The van der Waals surface area contributed by atoms with Gasteiger partial charge in [0.25, 0.3) is 5.91 Å². The maximum atomic E-state index is 12.6.